The van der Waals surface area contributed by atoms with Crippen LogP contribution in [0.2, 0.25) is 0 Å². The van der Waals surface area contributed by atoms with Crippen molar-refractivity contribution in [3.8, 4) is 11.4 Å². The Morgan fingerprint density at radius 3 is 2.74 bits per heavy atom. The number of carbonyl (C=O) groups excluding carboxylic acids is 1. The number of amides is 1. The molecule has 4 heterocycles. The number of hydrogen-bond donors (Lipinski definition) is 2. The number of cyclic esters (lactones) is 1. The number of pyridine rings is 1. The molecule has 4 rings (SSSR count). The molecule has 1 saturated heterocycles. The fourth-order valence-electron chi connectivity index (χ4n) is 3.73. The molecule has 0 aromatic carbocycles. The Hall–Kier alpha value is -2.95. The highest BCUT2D eigenvalue weighted by Gasteiger charge is 2.38. The summed E-state index contributed by atoms with van der Waals surface area (Å²) in [5.41, 5.74) is -1.19. The number of nitrogens with zero attached hydrogens (tertiary/aromatic N) is 4. The van der Waals surface area contributed by atoms with Gasteiger partial charge in [0.15, 0.2) is 6.10 Å². The van der Waals surface area contributed by atoms with Gasteiger partial charge in [0, 0.05) is 25.7 Å². The number of rotatable bonds is 4. The first-order chi connectivity index (χ1) is 14.6. The van der Waals surface area contributed by atoms with E-state index in [2.05, 4.69) is 25.6 Å². The van der Waals surface area contributed by atoms with E-state index >= 15 is 0 Å². The lowest BCUT2D eigenvalue weighted by molar-refractivity contribution is -0.0170. The van der Waals surface area contributed by atoms with E-state index in [0.29, 0.717) is 24.5 Å². The second-order valence-electron chi connectivity index (χ2n) is 8.14. The van der Waals surface area contributed by atoms with Crippen LogP contribution in [0.1, 0.15) is 38.0 Å². The van der Waals surface area contributed by atoms with Crippen molar-refractivity contribution in [2.45, 2.75) is 45.0 Å². The highest BCUT2D eigenvalue weighted by Crippen LogP contribution is 2.40. The summed E-state index contributed by atoms with van der Waals surface area (Å²) in [7, 11) is 0. The summed E-state index contributed by atoms with van der Waals surface area (Å²) < 4.78 is 47.1. The van der Waals surface area contributed by atoms with Gasteiger partial charge >= 0.3 is 6.09 Å². The molecule has 8 nitrogen and oxygen atoms in total. The molecule has 11 heteroatoms. The molecule has 2 aliphatic rings. The topological polar surface area (TPSA) is 92.3 Å². The molecule has 1 fully saturated rings. The number of aromatic nitrogens is 3. The first kappa shape index (κ1) is 21.3. The summed E-state index contributed by atoms with van der Waals surface area (Å²) >= 11 is 0. The lowest BCUT2D eigenvalue weighted by Crippen LogP contribution is -2.49. The van der Waals surface area contributed by atoms with Gasteiger partial charge in [0.05, 0.1) is 11.3 Å². The molecule has 2 atom stereocenters. The fourth-order valence-corrected chi connectivity index (χ4v) is 3.73. The van der Waals surface area contributed by atoms with Gasteiger partial charge in [-0.1, -0.05) is 0 Å². The van der Waals surface area contributed by atoms with E-state index in [4.69, 9.17) is 4.74 Å². The van der Waals surface area contributed by atoms with Gasteiger partial charge in [-0.15, -0.1) is 0 Å². The van der Waals surface area contributed by atoms with Gasteiger partial charge in [0.2, 0.25) is 0 Å². The molecule has 0 spiro atoms. The number of ether oxygens (including phenoxy) is 1. The molecule has 0 aliphatic carbocycles. The summed E-state index contributed by atoms with van der Waals surface area (Å²) in [5.74, 6) is 0.448. The maximum atomic E-state index is 14.9. The molecule has 31 heavy (non-hydrogen) atoms. The average Bonchev–Trinajstić information content (AvgIpc) is 2.71. The van der Waals surface area contributed by atoms with Crippen molar-refractivity contribution in [3.63, 3.8) is 0 Å². The van der Waals surface area contributed by atoms with Gasteiger partial charge < -0.3 is 15.0 Å². The number of fused-ring (bicyclic) bond motifs is 1. The lowest BCUT2D eigenvalue weighted by atomic mass is 9.97. The van der Waals surface area contributed by atoms with Crippen LogP contribution >= 0.6 is 0 Å². The van der Waals surface area contributed by atoms with Crippen molar-refractivity contribution in [1.29, 1.82) is 0 Å². The third kappa shape index (κ3) is 4.27. The Morgan fingerprint density at radius 1 is 1.29 bits per heavy atom. The maximum absolute atomic E-state index is 14.9. The van der Waals surface area contributed by atoms with E-state index < -0.39 is 24.3 Å². The molecular weight excluding hydrogens is 413 g/mol. The summed E-state index contributed by atoms with van der Waals surface area (Å²) in [5, 5.41) is 5.65. The van der Waals surface area contributed by atoms with Gasteiger partial charge in [-0.3, -0.25) is 5.32 Å². The van der Waals surface area contributed by atoms with Crippen LogP contribution in [0.3, 0.4) is 0 Å². The molecule has 2 aromatic rings. The summed E-state index contributed by atoms with van der Waals surface area (Å²) in [6.45, 7) is 6.91. The maximum Gasteiger partial charge on any atom is 0.413 e. The van der Waals surface area contributed by atoms with Crippen LogP contribution < -0.4 is 15.5 Å². The third-order valence-electron chi connectivity index (χ3n) is 5.29. The predicted octanol–water partition coefficient (Wildman–Crippen LogP) is 3.41. The molecule has 0 saturated carbocycles. The average molecular weight is 436 g/mol. The van der Waals surface area contributed by atoms with Crippen molar-refractivity contribution < 1.29 is 22.7 Å². The predicted molar refractivity (Wildman–Crippen MR) is 108 cm³/mol. The Bertz CT molecular complexity index is 997. The molecule has 1 amide bonds. The van der Waals surface area contributed by atoms with Crippen LogP contribution in [-0.2, 0) is 10.4 Å². The molecule has 1 unspecified atom stereocenters. The highest BCUT2D eigenvalue weighted by atomic mass is 19.3. The molecular formula is C20H23F3N6O2. The monoisotopic (exact) mass is 436 g/mol. The number of nitrogens with one attached hydrogen (secondary N) is 2. The zero-order valence-electron chi connectivity index (χ0n) is 17.3. The molecule has 0 bridgehead atoms. The van der Waals surface area contributed by atoms with E-state index in [-0.39, 0.29) is 28.8 Å². The standard InChI is InChI=1S/C20H23F3N6O2/c1-10-8-29(5-4-24-10)13-7-11(20(2,3)23)6-12(27-13)15-14-16(17(21)22)31-19(30)28-18(14)26-9-25-15/h6-7,9-10,16-17,24H,4-5,8H2,1-3H3,(H,25,26,28,30)/t10-,16?/m0/s1. The van der Waals surface area contributed by atoms with E-state index in [0.717, 1.165) is 12.9 Å². The number of carbonyl (C=O) groups is 1. The third-order valence-corrected chi connectivity index (χ3v) is 5.29. The zero-order valence-corrected chi connectivity index (χ0v) is 17.3. The minimum atomic E-state index is -3.00. The van der Waals surface area contributed by atoms with Gasteiger partial charge in [-0.2, -0.15) is 0 Å². The number of halogens is 3. The van der Waals surface area contributed by atoms with Gasteiger partial charge in [0.1, 0.15) is 29.3 Å². The zero-order chi connectivity index (χ0) is 22.3. The Labute approximate surface area is 177 Å². The number of anilines is 2. The molecule has 166 valence electrons. The van der Waals surface area contributed by atoms with Crippen LogP contribution in [0.5, 0.6) is 0 Å². The van der Waals surface area contributed by atoms with Crippen LogP contribution in [-0.4, -0.2) is 53.1 Å². The summed E-state index contributed by atoms with van der Waals surface area (Å²) in [6, 6.07) is 3.36. The smallest absolute Gasteiger partial charge is 0.413 e. The first-order valence-electron chi connectivity index (χ1n) is 9.94. The lowest BCUT2D eigenvalue weighted by Gasteiger charge is -2.33. The second-order valence-corrected chi connectivity index (χ2v) is 8.14. The summed E-state index contributed by atoms with van der Waals surface area (Å²) in [4.78, 5) is 26.4. The Balaban J connectivity index is 1.88. The van der Waals surface area contributed by atoms with Crippen LogP contribution in [0.25, 0.3) is 11.4 Å². The van der Waals surface area contributed by atoms with Gasteiger partial charge in [-0.25, -0.2) is 32.9 Å². The fraction of sp³-hybridized carbons (Fsp3) is 0.500. The van der Waals surface area contributed by atoms with Crippen molar-refractivity contribution in [3.05, 3.63) is 29.6 Å². The van der Waals surface area contributed by atoms with Crippen LogP contribution in [0.15, 0.2) is 18.5 Å². The van der Waals surface area contributed by atoms with E-state index in [1.165, 1.54) is 19.9 Å². The Kier molecular flexibility index (Phi) is 5.46. The molecule has 0 radical (unpaired) electrons. The number of hydrogen-bond acceptors (Lipinski definition) is 7. The normalized spacial score (nSPS) is 21.5. The van der Waals surface area contributed by atoms with Crippen molar-refractivity contribution in [2.24, 2.45) is 0 Å². The quantitative estimate of drug-likeness (QED) is 0.759. The van der Waals surface area contributed by atoms with E-state index in [1.807, 2.05) is 11.8 Å². The Morgan fingerprint density at radius 2 is 2.06 bits per heavy atom. The highest BCUT2D eigenvalue weighted by molar-refractivity contribution is 5.88. The minimum Gasteiger partial charge on any atom is -0.435 e. The van der Waals surface area contributed by atoms with Crippen molar-refractivity contribution in [1.82, 2.24) is 20.3 Å². The molecule has 2 aliphatic heterocycles. The SMILES string of the molecule is C[C@H]1CN(c2cc(C(C)(C)F)cc(-c3ncnc4c3C(C(F)F)OC(=O)N4)n2)CCN1. The van der Waals surface area contributed by atoms with Gasteiger partial charge in [0.25, 0.3) is 6.43 Å². The minimum absolute atomic E-state index is 0.0610. The van der Waals surface area contributed by atoms with Crippen molar-refractivity contribution >= 4 is 17.7 Å². The van der Waals surface area contributed by atoms with Gasteiger partial charge in [-0.05, 0) is 38.5 Å². The second kappa shape index (κ2) is 7.95. The molecule has 2 N–H and O–H groups in total. The first-order valence-corrected chi connectivity index (χ1v) is 9.94. The largest absolute Gasteiger partial charge is 0.435 e. The van der Waals surface area contributed by atoms with Crippen molar-refractivity contribution in [2.75, 3.05) is 29.9 Å². The van der Waals surface area contributed by atoms with Crippen LogP contribution in [0.4, 0.5) is 29.6 Å². The number of piperazine rings is 1. The van der Waals surface area contributed by atoms with E-state index in [9.17, 15) is 18.0 Å². The van der Waals surface area contributed by atoms with E-state index in [1.54, 1.807) is 6.07 Å². The molecule has 2 aromatic heterocycles. The van der Waals surface area contributed by atoms with Crippen LogP contribution in [0, 0.1) is 0 Å². The summed E-state index contributed by atoms with van der Waals surface area (Å²) in [6.07, 6.45) is -4.73. The number of alkyl halides is 3.